The molecule has 0 aliphatic carbocycles. The molecule has 8 heteroatoms. The number of hydrogen-bond donors (Lipinski definition) is 3. The maximum atomic E-state index is 9.88. The normalized spacial score (nSPS) is 31.8. The van der Waals surface area contributed by atoms with Crippen LogP contribution in [0, 0.1) is 5.41 Å². The number of aliphatic hydroxyl groups is 2. The third-order valence-electron chi connectivity index (χ3n) is 2.77. The molecule has 0 spiro atoms. The molecule has 1 aromatic rings. The summed E-state index contributed by atoms with van der Waals surface area (Å²) in [5.41, 5.74) is 0.218. The van der Waals surface area contributed by atoms with Gasteiger partial charge in [0.15, 0.2) is 12.1 Å². The molecule has 0 aromatic carbocycles. The maximum Gasteiger partial charge on any atom is 0.194 e. The third kappa shape index (κ3) is 2.27. The molecule has 18 heavy (non-hydrogen) atoms. The fourth-order valence-corrected chi connectivity index (χ4v) is 1.82. The molecule has 2 rings (SSSR count). The van der Waals surface area contributed by atoms with Gasteiger partial charge in [-0.05, 0) is 6.92 Å². The average Bonchev–Trinajstić information content (AvgIpc) is 2.90. The minimum absolute atomic E-state index is 0.180. The van der Waals surface area contributed by atoms with Gasteiger partial charge >= 0.3 is 0 Å². The molecular formula is C10H16N4O4. The van der Waals surface area contributed by atoms with Crippen molar-refractivity contribution in [3.8, 4) is 0 Å². The highest BCUT2D eigenvalue weighted by molar-refractivity contribution is 5.92. The predicted octanol–water partition coefficient (Wildman–Crippen LogP) is -1.07. The number of methoxy groups -OCH3 is 1. The van der Waals surface area contributed by atoms with Crippen LogP contribution in [0.1, 0.15) is 19.0 Å². The lowest BCUT2D eigenvalue weighted by Crippen LogP contribution is -2.33. The molecule has 1 fully saturated rings. The molecule has 100 valence electrons. The summed E-state index contributed by atoms with van der Waals surface area (Å²) in [7, 11) is 1.49. The number of nitrogens with one attached hydrogen (secondary N) is 1. The van der Waals surface area contributed by atoms with Gasteiger partial charge in [0.2, 0.25) is 0 Å². The summed E-state index contributed by atoms with van der Waals surface area (Å²) in [5, 5.41) is 31.1. The summed E-state index contributed by atoms with van der Waals surface area (Å²) in [6.45, 7) is 1.74. The van der Waals surface area contributed by atoms with E-state index in [9.17, 15) is 10.2 Å². The number of rotatable bonds is 4. The minimum atomic E-state index is -1.11. The van der Waals surface area contributed by atoms with Crippen LogP contribution in [0.25, 0.3) is 0 Å². The van der Waals surface area contributed by atoms with E-state index in [0.717, 1.165) is 0 Å². The van der Waals surface area contributed by atoms with Crippen molar-refractivity contribution in [1.29, 1.82) is 5.41 Å². The smallest absolute Gasteiger partial charge is 0.194 e. The van der Waals surface area contributed by atoms with Crippen LogP contribution in [0.4, 0.5) is 0 Å². The lowest BCUT2D eigenvalue weighted by molar-refractivity contribution is -0.0648. The van der Waals surface area contributed by atoms with E-state index in [4.69, 9.17) is 14.9 Å². The van der Waals surface area contributed by atoms with Gasteiger partial charge in [0.1, 0.15) is 24.6 Å². The third-order valence-corrected chi connectivity index (χ3v) is 2.77. The average molecular weight is 256 g/mol. The quantitative estimate of drug-likeness (QED) is 0.591. The Morgan fingerprint density at radius 3 is 2.83 bits per heavy atom. The van der Waals surface area contributed by atoms with Gasteiger partial charge in [-0.15, -0.1) is 5.10 Å². The molecule has 3 N–H and O–H groups in total. The second kappa shape index (κ2) is 5.11. The highest BCUT2D eigenvalue weighted by atomic mass is 16.6. The lowest BCUT2D eigenvalue weighted by Gasteiger charge is -2.13. The van der Waals surface area contributed by atoms with Gasteiger partial charge in [-0.1, -0.05) is 0 Å². The molecule has 0 radical (unpaired) electrons. The predicted molar refractivity (Wildman–Crippen MR) is 60.3 cm³/mol. The molecule has 4 atom stereocenters. The second-order valence-corrected chi connectivity index (χ2v) is 4.17. The molecule has 2 heterocycles. The van der Waals surface area contributed by atoms with Crippen LogP contribution in [0.15, 0.2) is 6.33 Å². The summed E-state index contributed by atoms with van der Waals surface area (Å²) < 4.78 is 11.7. The largest absolute Gasteiger partial charge is 0.387 e. The Hall–Kier alpha value is -1.35. The van der Waals surface area contributed by atoms with Crippen LogP contribution in [0.2, 0.25) is 0 Å². The van der Waals surface area contributed by atoms with Gasteiger partial charge in [0, 0.05) is 7.11 Å². The summed E-state index contributed by atoms with van der Waals surface area (Å²) >= 11 is 0. The van der Waals surface area contributed by atoms with Gasteiger partial charge in [-0.25, -0.2) is 9.67 Å². The number of aromatic nitrogens is 3. The monoisotopic (exact) mass is 256 g/mol. The van der Waals surface area contributed by atoms with E-state index in [1.54, 1.807) is 6.92 Å². The Morgan fingerprint density at radius 2 is 2.28 bits per heavy atom. The van der Waals surface area contributed by atoms with E-state index in [1.807, 2.05) is 0 Å². The summed E-state index contributed by atoms with van der Waals surface area (Å²) in [4.78, 5) is 3.91. The molecule has 1 aliphatic rings. The Kier molecular flexibility index (Phi) is 3.71. The molecule has 1 aliphatic heterocycles. The van der Waals surface area contributed by atoms with Crippen molar-refractivity contribution >= 4 is 5.71 Å². The van der Waals surface area contributed by atoms with E-state index in [2.05, 4.69) is 10.1 Å². The van der Waals surface area contributed by atoms with Crippen LogP contribution in [-0.4, -0.2) is 62.7 Å². The summed E-state index contributed by atoms with van der Waals surface area (Å²) in [6, 6.07) is 0. The van der Waals surface area contributed by atoms with E-state index < -0.39 is 24.5 Å². The molecule has 0 saturated carbocycles. The van der Waals surface area contributed by atoms with Crippen LogP contribution in [-0.2, 0) is 9.47 Å². The zero-order valence-corrected chi connectivity index (χ0v) is 10.1. The first kappa shape index (κ1) is 13.1. The molecule has 1 saturated heterocycles. The number of hydrogen-bond acceptors (Lipinski definition) is 7. The standard InChI is InChI=1S/C10H16N4O4/c1-5(11)9-12-4-14(13-9)10-8(16)7(15)6(18-10)3-17-2/h4,6-8,10-11,15-16H,3H2,1-2H3/t6-,7-,8-,10-/m1/s1. The van der Waals surface area contributed by atoms with Crippen molar-refractivity contribution in [1.82, 2.24) is 14.8 Å². The zero-order chi connectivity index (χ0) is 13.3. The second-order valence-electron chi connectivity index (χ2n) is 4.17. The molecule has 0 unspecified atom stereocenters. The summed E-state index contributed by atoms with van der Waals surface area (Å²) in [5.74, 6) is 0.260. The first-order valence-corrected chi connectivity index (χ1v) is 5.51. The molecule has 8 nitrogen and oxygen atoms in total. The van der Waals surface area contributed by atoms with Crippen LogP contribution < -0.4 is 0 Å². The molecule has 0 bridgehead atoms. The minimum Gasteiger partial charge on any atom is -0.387 e. The van der Waals surface area contributed by atoms with Crippen LogP contribution in [0.5, 0.6) is 0 Å². The molecule has 0 amide bonds. The van der Waals surface area contributed by atoms with Gasteiger partial charge in [-0.2, -0.15) is 0 Å². The van der Waals surface area contributed by atoms with Gasteiger partial charge in [0.05, 0.1) is 12.3 Å². The Morgan fingerprint density at radius 1 is 1.56 bits per heavy atom. The zero-order valence-electron chi connectivity index (χ0n) is 10.1. The Balaban J connectivity index is 2.15. The Labute approximate surface area is 104 Å². The van der Waals surface area contributed by atoms with Crippen molar-refractivity contribution < 1.29 is 19.7 Å². The summed E-state index contributed by atoms with van der Waals surface area (Å²) in [6.07, 6.45) is -2.21. The highest BCUT2D eigenvalue weighted by Gasteiger charge is 2.44. The maximum absolute atomic E-state index is 9.88. The van der Waals surface area contributed by atoms with E-state index in [1.165, 1.54) is 18.1 Å². The van der Waals surface area contributed by atoms with E-state index in [0.29, 0.717) is 0 Å². The Bertz CT molecular complexity index is 435. The van der Waals surface area contributed by atoms with E-state index >= 15 is 0 Å². The lowest BCUT2D eigenvalue weighted by atomic mass is 10.1. The number of nitrogens with zero attached hydrogens (tertiary/aromatic N) is 3. The fourth-order valence-electron chi connectivity index (χ4n) is 1.82. The SMILES string of the molecule is COC[C@H]1O[C@@H](n2cnc(C(C)=N)n2)[C@H](O)[C@@H]1O. The topological polar surface area (TPSA) is 113 Å². The van der Waals surface area contributed by atoms with Crippen molar-refractivity contribution in [2.75, 3.05) is 13.7 Å². The van der Waals surface area contributed by atoms with Crippen molar-refractivity contribution in [2.24, 2.45) is 0 Å². The number of aliphatic hydroxyl groups excluding tert-OH is 2. The van der Waals surface area contributed by atoms with Gasteiger partial charge in [0.25, 0.3) is 0 Å². The van der Waals surface area contributed by atoms with Gasteiger partial charge in [-0.3, -0.25) is 0 Å². The first-order chi connectivity index (χ1) is 8.54. The van der Waals surface area contributed by atoms with Crippen molar-refractivity contribution in [3.63, 3.8) is 0 Å². The first-order valence-electron chi connectivity index (χ1n) is 5.51. The fraction of sp³-hybridized carbons (Fsp3) is 0.700. The van der Waals surface area contributed by atoms with E-state index in [-0.39, 0.29) is 18.1 Å². The molecule has 1 aromatic heterocycles. The van der Waals surface area contributed by atoms with Crippen LogP contribution in [0.3, 0.4) is 0 Å². The van der Waals surface area contributed by atoms with Crippen LogP contribution >= 0.6 is 0 Å². The van der Waals surface area contributed by atoms with Gasteiger partial charge < -0.3 is 25.1 Å². The van der Waals surface area contributed by atoms with Crippen molar-refractivity contribution in [3.05, 3.63) is 12.2 Å². The highest BCUT2D eigenvalue weighted by Crippen LogP contribution is 2.28. The number of ether oxygens (including phenoxy) is 2. The molecular weight excluding hydrogens is 240 g/mol. The van der Waals surface area contributed by atoms with Crippen molar-refractivity contribution in [2.45, 2.75) is 31.5 Å².